The molecular formula is C12H12N2O3S. The van der Waals surface area contributed by atoms with E-state index in [1.54, 1.807) is 12.1 Å². The number of pyridine rings is 1. The molecule has 0 unspecified atom stereocenters. The second-order valence-corrected chi connectivity index (χ2v) is 5.50. The molecule has 0 saturated heterocycles. The van der Waals surface area contributed by atoms with Crippen LogP contribution in [0.25, 0.3) is 0 Å². The van der Waals surface area contributed by atoms with Gasteiger partial charge in [-0.25, -0.2) is 13.4 Å². The molecule has 0 saturated carbocycles. The van der Waals surface area contributed by atoms with E-state index < -0.39 is 9.84 Å². The number of aromatic nitrogens is 1. The van der Waals surface area contributed by atoms with E-state index >= 15 is 0 Å². The Balaban J connectivity index is 2.47. The van der Waals surface area contributed by atoms with E-state index in [0.29, 0.717) is 11.4 Å². The molecule has 2 N–H and O–H groups in total. The van der Waals surface area contributed by atoms with Gasteiger partial charge in [-0.2, -0.15) is 0 Å². The molecule has 5 nitrogen and oxygen atoms in total. The summed E-state index contributed by atoms with van der Waals surface area (Å²) in [5.41, 5.74) is 5.91. The molecule has 6 heteroatoms. The lowest BCUT2D eigenvalue weighted by atomic mass is 10.3. The minimum atomic E-state index is -3.63. The molecule has 0 aliphatic carbocycles. The van der Waals surface area contributed by atoms with Crippen molar-refractivity contribution < 1.29 is 13.2 Å². The van der Waals surface area contributed by atoms with Crippen LogP contribution in [-0.4, -0.2) is 20.5 Å². The van der Waals surface area contributed by atoms with Crippen molar-refractivity contribution in [2.45, 2.75) is 9.92 Å². The van der Waals surface area contributed by atoms with Crippen LogP contribution in [0.1, 0.15) is 0 Å². The van der Waals surface area contributed by atoms with Crippen molar-refractivity contribution in [3.8, 4) is 5.75 Å². The van der Waals surface area contributed by atoms with Crippen LogP contribution >= 0.6 is 0 Å². The van der Waals surface area contributed by atoms with E-state index in [2.05, 4.69) is 4.98 Å². The summed E-state index contributed by atoms with van der Waals surface area (Å²) in [4.78, 5) is 3.99. The molecule has 0 amide bonds. The summed E-state index contributed by atoms with van der Waals surface area (Å²) < 4.78 is 29.4. The van der Waals surface area contributed by atoms with Crippen LogP contribution in [-0.2, 0) is 9.84 Å². The maximum absolute atomic E-state index is 12.2. The molecule has 0 aliphatic heterocycles. The summed E-state index contributed by atoms with van der Waals surface area (Å²) >= 11 is 0. The van der Waals surface area contributed by atoms with E-state index in [4.69, 9.17) is 10.5 Å². The zero-order valence-electron chi connectivity index (χ0n) is 9.70. The number of ether oxygens (including phenoxy) is 1. The summed E-state index contributed by atoms with van der Waals surface area (Å²) in [5.74, 6) is 0.592. The minimum absolute atomic E-state index is 0.0623. The van der Waals surface area contributed by atoms with E-state index in [0.717, 1.165) is 0 Å². The highest BCUT2D eigenvalue weighted by atomic mass is 32.2. The van der Waals surface area contributed by atoms with Gasteiger partial charge in [-0.1, -0.05) is 0 Å². The summed E-state index contributed by atoms with van der Waals surface area (Å²) in [6.07, 6.45) is 1.37. The Morgan fingerprint density at radius 2 is 1.83 bits per heavy atom. The normalized spacial score (nSPS) is 11.2. The first-order chi connectivity index (χ1) is 8.54. The molecule has 18 heavy (non-hydrogen) atoms. The van der Waals surface area contributed by atoms with Gasteiger partial charge in [0.15, 0.2) is 5.03 Å². The molecule has 2 rings (SSSR count). The molecule has 0 aliphatic rings. The Morgan fingerprint density at radius 1 is 1.17 bits per heavy atom. The number of nitrogens with two attached hydrogens (primary N) is 1. The van der Waals surface area contributed by atoms with Gasteiger partial charge in [0.2, 0.25) is 9.84 Å². The molecule has 0 atom stereocenters. The molecule has 2 aromatic rings. The summed E-state index contributed by atoms with van der Waals surface area (Å²) in [6.45, 7) is 0. The third-order valence-electron chi connectivity index (χ3n) is 2.40. The fourth-order valence-electron chi connectivity index (χ4n) is 1.45. The third-order valence-corrected chi connectivity index (χ3v) is 4.07. The Morgan fingerprint density at radius 3 is 2.39 bits per heavy atom. The highest BCUT2D eigenvalue weighted by molar-refractivity contribution is 7.91. The van der Waals surface area contributed by atoms with E-state index in [1.807, 2.05) is 0 Å². The monoisotopic (exact) mass is 264 g/mol. The van der Waals surface area contributed by atoms with Gasteiger partial charge in [0, 0.05) is 11.9 Å². The first-order valence-electron chi connectivity index (χ1n) is 5.15. The first kappa shape index (κ1) is 12.4. The Kier molecular flexibility index (Phi) is 3.20. The highest BCUT2D eigenvalue weighted by Crippen LogP contribution is 2.22. The summed E-state index contributed by atoms with van der Waals surface area (Å²) in [6, 6.07) is 8.98. The fraction of sp³-hybridized carbons (Fsp3) is 0.0833. The van der Waals surface area contributed by atoms with Crippen molar-refractivity contribution in [1.82, 2.24) is 4.98 Å². The number of methoxy groups -OCH3 is 1. The average molecular weight is 264 g/mol. The predicted octanol–water partition coefficient (Wildman–Crippen LogP) is 1.51. The zero-order valence-corrected chi connectivity index (χ0v) is 10.5. The molecule has 1 aromatic carbocycles. The van der Waals surface area contributed by atoms with Gasteiger partial charge >= 0.3 is 0 Å². The van der Waals surface area contributed by atoms with Gasteiger partial charge in [0.05, 0.1) is 12.0 Å². The lowest BCUT2D eigenvalue weighted by Gasteiger charge is -2.05. The maximum Gasteiger partial charge on any atom is 0.223 e. The Hall–Kier alpha value is -2.08. The first-order valence-corrected chi connectivity index (χ1v) is 6.63. The van der Waals surface area contributed by atoms with Crippen LogP contribution in [0, 0.1) is 0 Å². The van der Waals surface area contributed by atoms with Crippen LogP contribution < -0.4 is 10.5 Å². The van der Waals surface area contributed by atoms with Crippen LogP contribution in [0.2, 0.25) is 0 Å². The standard InChI is InChI=1S/C12H12N2O3S/c1-17-10-2-4-11(5-3-10)18(15,16)12-8-9(13)6-7-14-12/h2-8H,1H3,(H2,13,14). The number of hydrogen-bond donors (Lipinski definition) is 1. The predicted molar refractivity (Wildman–Crippen MR) is 67.1 cm³/mol. The van der Waals surface area contributed by atoms with Crippen molar-refractivity contribution in [1.29, 1.82) is 0 Å². The number of sulfone groups is 1. The lowest BCUT2D eigenvalue weighted by Crippen LogP contribution is -2.05. The molecule has 0 radical (unpaired) electrons. The Bertz CT molecular complexity index is 651. The van der Waals surface area contributed by atoms with Crippen LogP contribution in [0.5, 0.6) is 5.75 Å². The largest absolute Gasteiger partial charge is 0.497 e. The molecule has 1 aromatic heterocycles. The quantitative estimate of drug-likeness (QED) is 0.908. The molecule has 0 spiro atoms. The molecule has 94 valence electrons. The van der Waals surface area contributed by atoms with Crippen molar-refractivity contribution in [2.24, 2.45) is 0 Å². The van der Waals surface area contributed by atoms with E-state index in [-0.39, 0.29) is 9.92 Å². The van der Waals surface area contributed by atoms with Crippen molar-refractivity contribution in [3.63, 3.8) is 0 Å². The Labute approximate surface area is 105 Å². The average Bonchev–Trinajstić information content (AvgIpc) is 2.39. The second-order valence-electron chi connectivity index (χ2n) is 3.61. The van der Waals surface area contributed by atoms with Gasteiger partial charge in [-0.15, -0.1) is 0 Å². The fourth-order valence-corrected chi connectivity index (χ4v) is 2.67. The van der Waals surface area contributed by atoms with Crippen LogP contribution in [0.4, 0.5) is 5.69 Å². The topological polar surface area (TPSA) is 82.3 Å². The zero-order chi connectivity index (χ0) is 13.2. The number of benzene rings is 1. The summed E-state index contributed by atoms with van der Waals surface area (Å²) in [5, 5.41) is -0.0623. The second kappa shape index (κ2) is 4.66. The van der Waals surface area contributed by atoms with Crippen LogP contribution in [0.3, 0.4) is 0 Å². The van der Waals surface area contributed by atoms with Gasteiger partial charge in [0.25, 0.3) is 0 Å². The van der Waals surface area contributed by atoms with Crippen molar-refractivity contribution in [3.05, 3.63) is 42.6 Å². The van der Waals surface area contributed by atoms with Crippen molar-refractivity contribution in [2.75, 3.05) is 12.8 Å². The van der Waals surface area contributed by atoms with Crippen LogP contribution in [0.15, 0.2) is 52.5 Å². The number of hydrogen-bond acceptors (Lipinski definition) is 5. The van der Waals surface area contributed by atoms with Gasteiger partial charge in [-0.3, -0.25) is 0 Å². The number of anilines is 1. The molecular weight excluding hydrogens is 252 g/mol. The number of nitrogens with zero attached hydrogens (tertiary/aromatic N) is 1. The van der Waals surface area contributed by atoms with Gasteiger partial charge < -0.3 is 10.5 Å². The number of rotatable bonds is 3. The summed E-state index contributed by atoms with van der Waals surface area (Å²) in [7, 11) is -2.12. The third kappa shape index (κ3) is 2.28. The SMILES string of the molecule is COc1ccc(S(=O)(=O)c2cc(N)ccn2)cc1. The number of nitrogen functional groups attached to an aromatic ring is 1. The minimum Gasteiger partial charge on any atom is -0.497 e. The maximum atomic E-state index is 12.2. The smallest absolute Gasteiger partial charge is 0.223 e. The van der Waals surface area contributed by atoms with E-state index in [1.165, 1.54) is 37.6 Å². The molecule has 0 bridgehead atoms. The lowest BCUT2D eigenvalue weighted by molar-refractivity contribution is 0.414. The van der Waals surface area contributed by atoms with Crippen molar-refractivity contribution >= 4 is 15.5 Å². The molecule has 0 fully saturated rings. The van der Waals surface area contributed by atoms with Gasteiger partial charge in [0.1, 0.15) is 5.75 Å². The highest BCUT2D eigenvalue weighted by Gasteiger charge is 2.19. The molecule has 1 heterocycles. The van der Waals surface area contributed by atoms with Gasteiger partial charge in [-0.05, 0) is 36.4 Å². The van der Waals surface area contributed by atoms with E-state index in [9.17, 15) is 8.42 Å².